The summed E-state index contributed by atoms with van der Waals surface area (Å²) in [5.41, 5.74) is 6.48. The van der Waals surface area contributed by atoms with Crippen LogP contribution in [0.15, 0.2) is 42.5 Å². The molecule has 0 unspecified atom stereocenters. The number of carbonyl (C=O) groups excluding carboxylic acids is 2. The molecular weight excluding hydrogens is 314 g/mol. The molecule has 1 fully saturated rings. The molecule has 132 valence electrons. The minimum absolute atomic E-state index is 0.0120. The fourth-order valence-corrected chi connectivity index (χ4v) is 3.57. The number of hydrogen-bond donors (Lipinski definition) is 2. The second kappa shape index (κ2) is 7.66. The van der Waals surface area contributed by atoms with Gasteiger partial charge < -0.3 is 11.1 Å². The highest BCUT2D eigenvalue weighted by molar-refractivity contribution is 5.87. The summed E-state index contributed by atoms with van der Waals surface area (Å²) in [7, 11) is 0. The summed E-state index contributed by atoms with van der Waals surface area (Å²) in [5.74, 6) is -0.263. The zero-order chi connectivity index (χ0) is 17.8. The Hall–Kier alpha value is -2.40. The van der Waals surface area contributed by atoms with Crippen LogP contribution in [-0.2, 0) is 9.59 Å². The van der Waals surface area contributed by atoms with Gasteiger partial charge in [-0.2, -0.15) is 0 Å². The monoisotopic (exact) mass is 339 g/mol. The SMILES string of the molecule is C[C@H](NC(=O)CN1CCC(C(N)=O)CC1)c1cccc2ccccc12. The molecule has 0 aromatic heterocycles. The van der Waals surface area contributed by atoms with Crippen LogP contribution in [0.3, 0.4) is 0 Å². The van der Waals surface area contributed by atoms with Gasteiger partial charge in [0.15, 0.2) is 0 Å². The lowest BCUT2D eigenvalue weighted by atomic mass is 9.96. The first-order chi connectivity index (χ1) is 12.0. The first kappa shape index (κ1) is 17.4. The van der Waals surface area contributed by atoms with Crippen LogP contribution < -0.4 is 11.1 Å². The molecule has 1 aliphatic rings. The normalized spacial score (nSPS) is 17.3. The molecule has 1 heterocycles. The molecular formula is C20H25N3O2. The fourth-order valence-electron chi connectivity index (χ4n) is 3.57. The maximum atomic E-state index is 12.4. The Morgan fingerprint density at radius 1 is 1.16 bits per heavy atom. The number of nitrogens with one attached hydrogen (secondary N) is 1. The largest absolute Gasteiger partial charge is 0.369 e. The van der Waals surface area contributed by atoms with Crippen LogP contribution in [-0.4, -0.2) is 36.3 Å². The first-order valence-corrected chi connectivity index (χ1v) is 8.83. The third-order valence-corrected chi connectivity index (χ3v) is 5.02. The highest BCUT2D eigenvalue weighted by Crippen LogP contribution is 2.24. The second-order valence-electron chi connectivity index (χ2n) is 6.81. The third-order valence-electron chi connectivity index (χ3n) is 5.02. The van der Waals surface area contributed by atoms with E-state index in [1.807, 2.05) is 25.1 Å². The van der Waals surface area contributed by atoms with Gasteiger partial charge in [0.25, 0.3) is 0 Å². The lowest BCUT2D eigenvalue weighted by molar-refractivity contribution is -0.124. The van der Waals surface area contributed by atoms with Crippen LogP contribution in [0.5, 0.6) is 0 Å². The van der Waals surface area contributed by atoms with E-state index in [4.69, 9.17) is 5.73 Å². The van der Waals surface area contributed by atoms with Crippen molar-refractivity contribution in [1.29, 1.82) is 0 Å². The van der Waals surface area contributed by atoms with Gasteiger partial charge in [0, 0.05) is 5.92 Å². The number of fused-ring (bicyclic) bond motifs is 1. The van der Waals surface area contributed by atoms with Crippen molar-refractivity contribution in [2.75, 3.05) is 19.6 Å². The van der Waals surface area contributed by atoms with E-state index >= 15 is 0 Å². The van der Waals surface area contributed by atoms with Gasteiger partial charge in [-0.1, -0.05) is 42.5 Å². The van der Waals surface area contributed by atoms with E-state index in [9.17, 15) is 9.59 Å². The van der Waals surface area contributed by atoms with Gasteiger partial charge in [0.1, 0.15) is 0 Å². The molecule has 1 saturated heterocycles. The Balaban J connectivity index is 1.58. The fraction of sp³-hybridized carbons (Fsp3) is 0.400. The van der Waals surface area contributed by atoms with Gasteiger partial charge in [-0.3, -0.25) is 14.5 Å². The van der Waals surface area contributed by atoms with Crippen molar-refractivity contribution in [2.24, 2.45) is 11.7 Å². The Bertz CT molecular complexity index is 761. The molecule has 3 rings (SSSR count). The number of nitrogens with two attached hydrogens (primary N) is 1. The van der Waals surface area contributed by atoms with Crippen LogP contribution in [0.4, 0.5) is 0 Å². The van der Waals surface area contributed by atoms with Crippen molar-refractivity contribution in [3.8, 4) is 0 Å². The zero-order valence-corrected chi connectivity index (χ0v) is 14.6. The lowest BCUT2D eigenvalue weighted by Gasteiger charge is -2.30. The van der Waals surface area contributed by atoms with Crippen molar-refractivity contribution in [1.82, 2.24) is 10.2 Å². The molecule has 1 aliphatic heterocycles. The molecule has 3 N–H and O–H groups in total. The Kier molecular flexibility index (Phi) is 5.34. The quantitative estimate of drug-likeness (QED) is 0.877. The molecule has 5 heteroatoms. The van der Waals surface area contributed by atoms with Crippen LogP contribution in [0, 0.1) is 5.92 Å². The summed E-state index contributed by atoms with van der Waals surface area (Å²) in [5, 5.41) is 5.44. The van der Waals surface area contributed by atoms with Crippen molar-refractivity contribution < 1.29 is 9.59 Å². The average molecular weight is 339 g/mol. The molecule has 2 aromatic rings. The number of amides is 2. The molecule has 1 atom stereocenters. The predicted molar refractivity (Wildman–Crippen MR) is 98.9 cm³/mol. The maximum Gasteiger partial charge on any atom is 0.234 e. The molecule has 2 amide bonds. The molecule has 0 radical (unpaired) electrons. The number of hydrogen-bond acceptors (Lipinski definition) is 3. The summed E-state index contributed by atoms with van der Waals surface area (Å²) in [6.07, 6.45) is 1.48. The maximum absolute atomic E-state index is 12.4. The predicted octanol–water partition coefficient (Wildman–Crippen LogP) is 2.21. The van der Waals surface area contributed by atoms with Gasteiger partial charge in [0.05, 0.1) is 12.6 Å². The molecule has 5 nitrogen and oxygen atoms in total. The second-order valence-corrected chi connectivity index (χ2v) is 6.81. The number of likely N-dealkylation sites (tertiary alicyclic amines) is 1. The number of benzene rings is 2. The van der Waals surface area contributed by atoms with Crippen molar-refractivity contribution in [2.45, 2.75) is 25.8 Å². The van der Waals surface area contributed by atoms with E-state index in [0.29, 0.717) is 6.54 Å². The molecule has 25 heavy (non-hydrogen) atoms. The minimum atomic E-state index is -0.228. The summed E-state index contributed by atoms with van der Waals surface area (Å²) < 4.78 is 0. The summed E-state index contributed by atoms with van der Waals surface area (Å²) >= 11 is 0. The van der Waals surface area contributed by atoms with Gasteiger partial charge in [0.2, 0.25) is 11.8 Å². The number of nitrogens with zero attached hydrogens (tertiary/aromatic N) is 1. The summed E-state index contributed by atoms with van der Waals surface area (Å²) in [4.78, 5) is 25.7. The van der Waals surface area contributed by atoms with Crippen LogP contribution in [0.25, 0.3) is 10.8 Å². The molecule has 0 spiro atoms. The zero-order valence-electron chi connectivity index (χ0n) is 14.6. The third kappa shape index (κ3) is 4.17. The number of primary amides is 1. The lowest BCUT2D eigenvalue weighted by Crippen LogP contribution is -2.44. The standard InChI is InChI=1S/C20H25N3O2/c1-14(17-8-4-6-15-5-2-3-7-18(15)17)22-19(24)13-23-11-9-16(10-12-23)20(21)25/h2-8,14,16H,9-13H2,1H3,(H2,21,25)(H,22,24)/t14-/m0/s1. The van der Waals surface area contributed by atoms with E-state index in [-0.39, 0.29) is 23.8 Å². The van der Waals surface area contributed by atoms with Crippen molar-refractivity contribution in [3.05, 3.63) is 48.0 Å². The summed E-state index contributed by atoms with van der Waals surface area (Å²) in [6.45, 7) is 3.85. The molecule has 2 aromatic carbocycles. The smallest absolute Gasteiger partial charge is 0.234 e. The molecule has 0 aliphatic carbocycles. The van der Waals surface area contributed by atoms with Crippen LogP contribution in [0.1, 0.15) is 31.4 Å². The highest BCUT2D eigenvalue weighted by atomic mass is 16.2. The Morgan fingerprint density at radius 2 is 1.84 bits per heavy atom. The number of carbonyl (C=O) groups is 2. The summed E-state index contributed by atoms with van der Waals surface area (Å²) in [6, 6.07) is 14.3. The minimum Gasteiger partial charge on any atom is -0.369 e. The Labute approximate surface area is 148 Å². The molecule has 0 bridgehead atoms. The van der Waals surface area contributed by atoms with E-state index in [1.54, 1.807) is 0 Å². The number of piperidine rings is 1. The van der Waals surface area contributed by atoms with Gasteiger partial charge in [-0.05, 0) is 49.2 Å². The van der Waals surface area contributed by atoms with E-state index in [2.05, 4.69) is 34.5 Å². The topological polar surface area (TPSA) is 75.4 Å². The van der Waals surface area contributed by atoms with Crippen molar-refractivity contribution in [3.63, 3.8) is 0 Å². The van der Waals surface area contributed by atoms with Crippen molar-refractivity contribution >= 4 is 22.6 Å². The van der Waals surface area contributed by atoms with Gasteiger partial charge in [-0.15, -0.1) is 0 Å². The average Bonchev–Trinajstić information content (AvgIpc) is 2.61. The Morgan fingerprint density at radius 3 is 2.56 bits per heavy atom. The van der Waals surface area contributed by atoms with Gasteiger partial charge in [-0.25, -0.2) is 0 Å². The van der Waals surface area contributed by atoms with E-state index < -0.39 is 0 Å². The number of rotatable bonds is 5. The first-order valence-electron chi connectivity index (χ1n) is 8.83. The van der Waals surface area contributed by atoms with Crippen LogP contribution in [0.2, 0.25) is 0 Å². The van der Waals surface area contributed by atoms with E-state index in [1.165, 1.54) is 10.8 Å². The van der Waals surface area contributed by atoms with Gasteiger partial charge >= 0.3 is 0 Å². The van der Waals surface area contributed by atoms with Crippen LogP contribution >= 0.6 is 0 Å². The highest BCUT2D eigenvalue weighted by Gasteiger charge is 2.24. The molecule has 0 saturated carbocycles. The van der Waals surface area contributed by atoms with E-state index in [0.717, 1.165) is 31.5 Å².